The maximum absolute atomic E-state index is 11.9. The average molecular weight is 347 g/mol. The molecular weight excluding hydrogens is 336 g/mol. The van der Waals surface area contributed by atoms with Crippen molar-refractivity contribution in [3.05, 3.63) is 57.9 Å². The molecule has 0 aliphatic heterocycles. The molecule has 0 saturated carbocycles. The van der Waals surface area contributed by atoms with E-state index in [9.17, 15) is 4.79 Å². The fraction of sp³-hybridized carbons (Fsp3) is 0. The Bertz CT molecular complexity index is 802. The lowest BCUT2D eigenvalue weighted by Crippen LogP contribution is -2.09. The van der Waals surface area contributed by atoms with Crippen LogP contribution in [0.15, 0.2) is 47.8 Å². The molecule has 0 unspecified atom stereocenters. The van der Waals surface area contributed by atoms with Gasteiger partial charge >= 0.3 is 0 Å². The second-order valence-electron chi connectivity index (χ2n) is 4.44. The number of hydrogen-bond donors (Lipinski definition) is 2. The Morgan fingerprint density at radius 1 is 1.22 bits per heavy atom. The molecule has 23 heavy (non-hydrogen) atoms. The van der Waals surface area contributed by atoms with E-state index in [1.807, 2.05) is 11.4 Å². The molecule has 0 spiro atoms. The number of carbonyl (C=O) groups is 1. The van der Waals surface area contributed by atoms with E-state index in [0.717, 1.165) is 0 Å². The molecular formula is C15H11ClN4O2S. The van der Waals surface area contributed by atoms with Gasteiger partial charge in [0.2, 0.25) is 11.8 Å². The molecule has 3 aromatic rings. The van der Waals surface area contributed by atoms with E-state index in [2.05, 4.69) is 15.3 Å². The fourth-order valence-electron chi connectivity index (χ4n) is 1.79. The first kappa shape index (κ1) is 15.3. The summed E-state index contributed by atoms with van der Waals surface area (Å²) in [6.45, 7) is 0. The normalized spacial score (nSPS) is 10.3. The standard InChI is InChI=1S/C15H11ClN4O2S/c16-12-8-13(20-15(17)19-12)22-10-5-3-9(4-6-10)18-14(21)11-2-1-7-23-11/h1-8H,(H,18,21)(H2,17,19,20). The topological polar surface area (TPSA) is 90.1 Å². The maximum atomic E-state index is 11.9. The van der Waals surface area contributed by atoms with Gasteiger partial charge < -0.3 is 15.8 Å². The summed E-state index contributed by atoms with van der Waals surface area (Å²) in [5.74, 6) is 0.669. The van der Waals surface area contributed by atoms with E-state index in [1.54, 1.807) is 30.3 Å². The van der Waals surface area contributed by atoms with Crippen LogP contribution < -0.4 is 15.8 Å². The molecule has 3 rings (SSSR count). The first-order valence-corrected chi connectivity index (χ1v) is 7.79. The van der Waals surface area contributed by atoms with E-state index < -0.39 is 0 Å². The van der Waals surface area contributed by atoms with Crippen LogP contribution in [0.5, 0.6) is 11.6 Å². The number of hydrogen-bond acceptors (Lipinski definition) is 6. The minimum Gasteiger partial charge on any atom is -0.439 e. The number of aromatic nitrogens is 2. The Balaban J connectivity index is 1.68. The van der Waals surface area contributed by atoms with Gasteiger partial charge in [-0.25, -0.2) is 4.98 Å². The molecule has 116 valence electrons. The quantitative estimate of drug-likeness (QED) is 0.701. The van der Waals surface area contributed by atoms with Gasteiger partial charge in [0.05, 0.1) is 4.88 Å². The minimum atomic E-state index is -0.149. The smallest absolute Gasteiger partial charge is 0.265 e. The highest BCUT2D eigenvalue weighted by atomic mass is 35.5. The number of ether oxygens (including phenoxy) is 1. The van der Waals surface area contributed by atoms with E-state index in [1.165, 1.54) is 17.4 Å². The van der Waals surface area contributed by atoms with Crippen molar-refractivity contribution < 1.29 is 9.53 Å². The molecule has 6 nitrogen and oxygen atoms in total. The van der Waals surface area contributed by atoms with Crippen molar-refractivity contribution in [2.75, 3.05) is 11.1 Å². The van der Waals surface area contributed by atoms with Crippen LogP contribution in [-0.4, -0.2) is 15.9 Å². The summed E-state index contributed by atoms with van der Waals surface area (Å²) in [4.78, 5) is 20.3. The molecule has 0 aliphatic rings. The van der Waals surface area contributed by atoms with E-state index in [4.69, 9.17) is 22.1 Å². The highest BCUT2D eigenvalue weighted by molar-refractivity contribution is 7.12. The minimum absolute atomic E-state index is 0.0346. The summed E-state index contributed by atoms with van der Waals surface area (Å²) in [5.41, 5.74) is 6.17. The van der Waals surface area contributed by atoms with Gasteiger partial charge in [-0.15, -0.1) is 11.3 Å². The molecule has 1 aromatic carbocycles. The number of halogens is 1. The molecule has 0 saturated heterocycles. The van der Waals surface area contributed by atoms with Crippen molar-refractivity contribution >= 4 is 40.5 Å². The first-order valence-electron chi connectivity index (χ1n) is 6.53. The van der Waals surface area contributed by atoms with Crippen molar-refractivity contribution in [2.45, 2.75) is 0 Å². The second kappa shape index (κ2) is 6.64. The van der Waals surface area contributed by atoms with Crippen LogP contribution in [0.1, 0.15) is 9.67 Å². The van der Waals surface area contributed by atoms with Crippen molar-refractivity contribution in [2.24, 2.45) is 0 Å². The predicted molar refractivity (Wildman–Crippen MR) is 90.2 cm³/mol. The summed E-state index contributed by atoms with van der Waals surface area (Å²) in [5, 5.41) is 4.86. The molecule has 3 N–H and O–H groups in total. The number of rotatable bonds is 4. The molecule has 2 heterocycles. The molecule has 2 aromatic heterocycles. The molecule has 0 atom stereocenters. The van der Waals surface area contributed by atoms with Crippen LogP contribution in [0, 0.1) is 0 Å². The number of anilines is 2. The number of nitrogens with zero attached hydrogens (tertiary/aromatic N) is 2. The Morgan fingerprint density at radius 3 is 2.65 bits per heavy atom. The predicted octanol–water partition coefficient (Wildman–Crippen LogP) is 3.82. The zero-order valence-electron chi connectivity index (χ0n) is 11.7. The molecule has 0 bridgehead atoms. The monoisotopic (exact) mass is 346 g/mol. The summed E-state index contributed by atoms with van der Waals surface area (Å²) >= 11 is 7.17. The highest BCUT2D eigenvalue weighted by Crippen LogP contribution is 2.24. The summed E-state index contributed by atoms with van der Waals surface area (Å²) < 4.78 is 5.55. The van der Waals surface area contributed by atoms with E-state index >= 15 is 0 Å². The van der Waals surface area contributed by atoms with Gasteiger partial charge in [-0.1, -0.05) is 17.7 Å². The Morgan fingerprint density at radius 2 is 2.00 bits per heavy atom. The third-order valence-electron chi connectivity index (χ3n) is 2.77. The number of nitrogens with one attached hydrogen (secondary N) is 1. The number of benzene rings is 1. The lowest BCUT2D eigenvalue weighted by molar-refractivity contribution is 0.103. The maximum Gasteiger partial charge on any atom is 0.265 e. The van der Waals surface area contributed by atoms with Crippen LogP contribution >= 0.6 is 22.9 Å². The summed E-state index contributed by atoms with van der Waals surface area (Å²) in [6.07, 6.45) is 0. The molecule has 1 amide bonds. The van der Waals surface area contributed by atoms with Gasteiger partial charge in [-0.05, 0) is 35.7 Å². The SMILES string of the molecule is Nc1nc(Cl)cc(Oc2ccc(NC(=O)c3cccs3)cc2)n1. The van der Waals surface area contributed by atoms with Crippen molar-refractivity contribution in [3.63, 3.8) is 0 Å². The van der Waals surface area contributed by atoms with Gasteiger partial charge in [0.15, 0.2) is 0 Å². The van der Waals surface area contributed by atoms with Crippen LogP contribution in [0.4, 0.5) is 11.6 Å². The average Bonchev–Trinajstić information content (AvgIpc) is 3.02. The number of carbonyl (C=O) groups excluding carboxylic acids is 1. The number of nitrogens with two attached hydrogens (primary N) is 1. The van der Waals surface area contributed by atoms with Gasteiger partial charge in [-0.2, -0.15) is 4.98 Å². The van der Waals surface area contributed by atoms with Crippen LogP contribution in [0.25, 0.3) is 0 Å². The van der Waals surface area contributed by atoms with Crippen LogP contribution in [-0.2, 0) is 0 Å². The zero-order chi connectivity index (χ0) is 16.2. The van der Waals surface area contributed by atoms with Crippen molar-refractivity contribution in [1.29, 1.82) is 0 Å². The largest absolute Gasteiger partial charge is 0.439 e. The second-order valence-corrected chi connectivity index (χ2v) is 5.78. The third kappa shape index (κ3) is 3.97. The third-order valence-corrected chi connectivity index (χ3v) is 3.83. The van der Waals surface area contributed by atoms with E-state index in [-0.39, 0.29) is 22.9 Å². The Kier molecular flexibility index (Phi) is 4.40. The molecule has 8 heteroatoms. The number of nitrogen functional groups attached to an aromatic ring is 1. The van der Waals surface area contributed by atoms with E-state index in [0.29, 0.717) is 16.3 Å². The summed E-state index contributed by atoms with van der Waals surface area (Å²) in [7, 11) is 0. The molecule has 0 fully saturated rings. The molecule has 0 radical (unpaired) electrons. The van der Waals surface area contributed by atoms with Gasteiger partial charge in [-0.3, -0.25) is 4.79 Å². The Labute approximate surface area is 140 Å². The summed E-state index contributed by atoms with van der Waals surface area (Å²) in [6, 6.07) is 11.9. The van der Waals surface area contributed by atoms with Crippen LogP contribution in [0.3, 0.4) is 0 Å². The van der Waals surface area contributed by atoms with Crippen molar-refractivity contribution in [3.8, 4) is 11.6 Å². The van der Waals surface area contributed by atoms with Gasteiger partial charge in [0.25, 0.3) is 5.91 Å². The van der Waals surface area contributed by atoms with Gasteiger partial charge in [0.1, 0.15) is 10.9 Å². The first-order chi connectivity index (χ1) is 11.1. The number of amides is 1. The number of thiophene rings is 1. The van der Waals surface area contributed by atoms with Gasteiger partial charge in [0, 0.05) is 11.8 Å². The van der Waals surface area contributed by atoms with Crippen LogP contribution in [0.2, 0.25) is 5.15 Å². The Hall–Kier alpha value is -2.64. The fourth-order valence-corrected chi connectivity index (χ4v) is 2.59. The lowest BCUT2D eigenvalue weighted by atomic mass is 10.3. The highest BCUT2D eigenvalue weighted by Gasteiger charge is 2.07. The lowest BCUT2D eigenvalue weighted by Gasteiger charge is -2.07. The molecule has 0 aliphatic carbocycles. The zero-order valence-corrected chi connectivity index (χ0v) is 13.3. The van der Waals surface area contributed by atoms with Crippen molar-refractivity contribution in [1.82, 2.24) is 9.97 Å².